The molecule has 0 radical (unpaired) electrons. The number of aromatic nitrogens is 2. The third-order valence-corrected chi connectivity index (χ3v) is 2.40. The molecule has 0 aliphatic rings. The van der Waals surface area contributed by atoms with Crippen LogP contribution in [0.3, 0.4) is 0 Å². The Hall–Kier alpha value is -2.63. The number of carbonyl (C=O) groups excluding carboxylic acids is 1. The molecule has 0 unspecified atom stereocenters. The van der Waals surface area contributed by atoms with Crippen molar-refractivity contribution in [2.75, 3.05) is 19.5 Å². The van der Waals surface area contributed by atoms with E-state index in [0.29, 0.717) is 17.3 Å². The number of methoxy groups -OCH3 is 2. The molecular formula is C13H13N3O3. The van der Waals surface area contributed by atoms with Gasteiger partial charge in [-0.1, -0.05) is 0 Å². The molecule has 0 saturated heterocycles. The SMILES string of the molecule is COC(=O)c1ccnc(Nc2ccc(OC)nc2)c1. The number of carbonyl (C=O) groups is 1. The van der Waals surface area contributed by atoms with E-state index < -0.39 is 5.97 Å². The number of nitrogens with one attached hydrogen (secondary N) is 1. The normalized spacial score (nSPS) is 9.79. The van der Waals surface area contributed by atoms with Gasteiger partial charge in [0.2, 0.25) is 5.88 Å². The van der Waals surface area contributed by atoms with Crippen LogP contribution in [0.1, 0.15) is 10.4 Å². The zero-order valence-electron chi connectivity index (χ0n) is 10.6. The summed E-state index contributed by atoms with van der Waals surface area (Å²) in [5.74, 6) is 0.662. The molecule has 0 aliphatic carbocycles. The molecule has 2 rings (SSSR count). The summed E-state index contributed by atoms with van der Waals surface area (Å²) >= 11 is 0. The van der Waals surface area contributed by atoms with Crippen LogP contribution in [0.15, 0.2) is 36.7 Å². The lowest BCUT2D eigenvalue weighted by Gasteiger charge is -2.07. The summed E-state index contributed by atoms with van der Waals surface area (Å²) in [6.07, 6.45) is 3.15. The highest BCUT2D eigenvalue weighted by Crippen LogP contribution is 2.17. The summed E-state index contributed by atoms with van der Waals surface area (Å²) < 4.78 is 9.62. The lowest BCUT2D eigenvalue weighted by Crippen LogP contribution is -2.03. The Morgan fingerprint density at radius 1 is 1.21 bits per heavy atom. The number of anilines is 2. The van der Waals surface area contributed by atoms with Crippen molar-refractivity contribution >= 4 is 17.5 Å². The highest BCUT2D eigenvalue weighted by molar-refractivity contribution is 5.90. The average Bonchev–Trinajstić information content (AvgIpc) is 2.47. The molecule has 0 atom stereocenters. The van der Waals surface area contributed by atoms with E-state index in [1.807, 2.05) is 0 Å². The van der Waals surface area contributed by atoms with Crippen LogP contribution in [0.5, 0.6) is 5.88 Å². The summed E-state index contributed by atoms with van der Waals surface area (Å²) in [5.41, 5.74) is 1.18. The quantitative estimate of drug-likeness (QED) is 0.847. The number of pyridine rings is 2. The van der Waals surface area contributed by atoms with E-state index in [9.17, 15) is 4.79 Å². The van der Waals surface area contributed by atoms with Crippen LogP contribution in [-0.4, -0.2) is 30.2 Å². The summed E-state index contributed by atoms with van der Waals surface area (Å²) in [6, 6.07) is 6.73. The first-order chi connectivity index (χ1) is 9.22. The van der Waals surface area contributed by atoms with Gasteiger partial charge in [-0.2, -0.15) is 0 Å². The van der Waals surface area contributed by atoms with Crippen LogP contribution in [0.4, 0.5) is 11.5 Å². The fourth-order valence-corrected chi connectivity index (χ4v) is 1.47. The molecule has 2 heterocycles. The zero-order chi connectivity index (χ0) is 13.7. The van der Waals surface area contributed by atoms with Crippen molar-refractivity contribution in [1.29, 1.82) is 0 Å². The van der Waals surface area contributed by atoms with Crippen molar-refractivity contribution in [2.45, 2.75) is 0 Å². The second-order valence-corrected chi connectivity index (χ2v) is 3.64. The fourth-order valence-electron chi connectivity index (χ4n) is 1.47. The maximum atomic E-state index is 11.4. The van der Waals surface area contributed by atoms with Gasteiger partial charge < -0.3 is 14.8 Å². The molecule has 1 N–H and O–H groups in total. The van der Waals surface area contributed by atoms with Gasteiger partial charge in [0, 0.05) is 12.3 Å². The van der Waals surface area contributed by atoms with Gasteiger partial charge >= 0.3 is 5.97 Å². The van der Waals surface area contributed by atoms with Crippen molar-refractivity contribution in [1.82, 2.24) is 9.97 Å². The average molecular weight is 259 g/mol. The Kier molecular flexibility index (Phi) is 3.92. The molecule has 2 aromatic heterocycles. The first-order valence-electron chi connectivity index (χ1n) is 5.54. The molecule has 0 aliphatic heterocycles. The second kappa shape index (κ2) is 5.81. The number of hydrogen-bond donors (Lipinski definition) is 1. The smallest absolute Gasteiger partial charge is 0.338 e. The van der Waals surface area contributed by atoms with E-state index in [1.165, 1.54) is 13.3 Å². The molecule has 0 saturated carbocycles. The highest BCUT2D eigenvalue weighted by atomic mass is 16.5. The minimum atomic E-state index is -0.404. The molecule has 0 aromatic carbocycles. The van der Waals surface area contributed by atoms with Gasteiger partial charge in [-0.25, -0.2) is 14.8 Å². The van der Waals surface area contributed by atoms with Gasteiger partial charge in [-0.3, -0.25) is 0 Å². The molecular weight excluding hydrogens is 246 g/mol. The number of rotatable bonds is 4. The van der Waals surface area contributed by atoms with E-state index in [2.05, 4.69) is 20.0 Å². The second-order valence-electron chi connectivity index (χ2n) is 3.64. The van der Waals surface area contributed by atoms with Crippen molar-refractivity contribution in [3.05, 3.63) is 42.2 Å². The number of ether oxygens (including phenoxy) is 2. The van der Waals surface area contributed by atoms with E-state index in [4.69, 9.17) is 4.74 Å². The maximum Gasteiger partial charge on any atom is 0.338 e. The summed E-state index contributed by atoms with van der Waals surface area (Å²) in [7, 11) is 2.89. The van der Waals surface area contributed by atoms with E-state index in [0.717, 1.165) is 5.69 Å². The molecule has 6 heteroatoms. The third kappa shape index (κ3) is 3.19. The lowest BCUT2D eigenvalue weighted by molar-refractivity contribution is 0.0600. The fraction of sp³-hybridized carbons (Fsp3) is 0.154. The molecule has 0 bridgehead atoms. The number of esters is 1. The Balaban J connectivity index is 2.16. The van der Waals surface area contributed by atoms with Crippen LogP contribution in [-0.2, 0) is 4.74 Å². The lowest BCUT2D eigenvalue weighted by atomic mass is 10.2. The van der Waals surface area contributed by atoms with Gasteiger partial charge in [-0.15, -0.1) is 0 Å². The first-order valence-corrected chi connectivity index (χ1v) is 5.54. The van der Waals surface area contributed by atoms with Crippen LogP contribution in [0.25, 0.3) is 0 Å². The topological polar surface area (TPSA) is 73.3 Å². The molecule has 0 spiro atoms. The van der Waals surface area contributed by atoms with Crippen LogP contribution in [0, 0.1) is 0 Å². The maximum absolute atomic E-state index is 11.4. The molecule has 98 valence electrons. The Morgan fingerprint density at radius 3 is 2.68 bits per heavy atom. The monoisotopic (exact) mass is 259 g/mol. The minimum Gasteiger partial charge on any atom is -0.481 e. The predicted octanol–water partition coefficient (Wildman–Crippen LogP) is 2.02. The number of hydrogen-bond acceptors (Lipinski definition) is 6. The Morgan fingerprint density at radius 2 is 2.05 bits per heavy atom. The Bertz CT molecular complexity index is 570. The Labute approximate surface area is 110 Å². The van der Waals surface area contributed by atoms with Gasteiger partial charge in [0.25, 0.3) is 0 Å². The summed E-state index contributed by atoms with van der Waals surface area (Å²) in [5, 5.41) is 3.04. The molecule has 0 fully saturated rings. The van der Waals surface area contributed by atoms with Crippen LogP contribution >= 0.6 is 0 Å². The van der Waals surface area contributed by atoms with Crippen molar-refractivity contribution in [3.63, 3.8) is 0 Å². The van der Waals surface area contributed by atoms with Crippen LogP contribution < -0.4 is 10.1 Å². The van der Waals surface area contributed by atoms with Crippen molar-refractivity contribution in [3.8, 4) is 5.88 Å². The van der Waals surface area contributed by atoms with E-state index >= 15 is 0 Å². The molecule has 2 aromatic rings. The minimum absolute atomic E-state index is 0.404. The molecule has 19 heavy (non-hydrogen) atoms. The molecule has 6 nitrogen and oxygen atoms in total. The number of nitrogens with zero attached hydrogens (tertiary/aromatic N) is 2. The van der Waals surface area contributed by atoms with E-state index in [1.54, 1.807) is 37.6 Å². The highest BCUT2D eigenvalue weighted by Gasteiger charge is 2.06. The third-order valence-electron chi connectivity index (χ3n) is 2.40. The predicted molar refractivity (Wildman–Crippen MR) is 69.6 cm³/mol. The zero-order valence-corrected chi connectivity index (χ0v) is 10.6. The van der Waals surface area contributed by atoms with Gasteiger partial charge in [0.15, 0.2) is 0 Å². The first kappa shape index (κ1) is 12.8. The van der Waals surface area contributed by atoms with E-state index in [-0.39, 0.29) is 0 Å². The standard InChI is InChI=1S/C13H13N3O3/c1-18-12-4-3-10(8-15-12)16-11-7-9(5-6-14-11)13(17)19-2/h3-8H,1-2H3,(H,14,16). The van der Waals surface area contributed by atoms with Crippen molar-refractivity contribution < 1.29 is 14.3 Å². The summed E-state index contributed by atoms with van der Waals surface area (Å²) in [6.45, 7) is 0. The van der Waals surface area contributed by atoms with Gasteiger partial charge in [-0.05, 0) is 18.2 Å². The van der Waals surface area contributed by atoms with Gasteiger partial charge in [0.1, 0.15) is 5.82 Å². The van der Waals surface area contributed by atoms with Gasteiger partial charge in [0.05, 0.1) is 31.7 Å². The largest absolute Gasteiger partial charge is 0.481 e. The van der Waals surface area contributed by atoms with Crippen molar-refractivity contribution in [2.24, 2.45) is 0 Å². The summed E-state index contributed by atoms with van der Waals surface area (Å²) in [4.78, 5) is 19.6. The molecule has 0 amide bonds. The van der Waals surface area contributed by atoms with Crippen LogP contribution in [0.2, 0.25) is 0 Å².